The molecule has 0 unspecified atom stereocenters. The van der Waals surface area contributed by atoms with Crippen LogP contribution in [0.15, 0.2) is 22.2 Å². The predicted molar refractivity (Wildman–Crippen MR) is 102 cm³/mol. The van der Waals surface area contributed by atoms with Crippen LogP contribution in [-0.4, -0.2) is 28.9 Å². The summed E-state index contributed by atoms with van der Waals surface area (Å²) in [6, 6.07) is 2.07. The lowest BCUT2D eigenvalue weighted by molar-refractivity contribution is -0.116. The summed E-state index contributed by atoms with van der Waals surface area (Å²) in [5, 5.41) is 9.86. The van der Waals surface area contributed by atoms with Crippen LogP contribution in [-0.2, 0) is 17.8 Å². The molecule has 2 atom stereocenters. The van der Waals surface area contributed by atoms with E-state index in [2.05, 4.69) is 45.9 Å². The van der Waals surface area contributed by atoms with Crippen LogP contribution in [0.1, 0.15) is 37.9 Å². The van der Waals surface area contributed by atoms with Crippen LogP contribution in [0.3, 0.4) is 0 Å². The number of amides is 1. The summed E-state index contributed by atoms with van der Waals surface area (Å²) in [5.74, 6) is 1.55. The van der Waals surface area contributed by atoms with Gasteiger partial charge in [-0.25, -0.2) is 4.98 Å². The second-order valence-electron chi connectivity index (χ2n) is 6.96. The Bertz CT molecular complexity index is 643. The minimum absolute atomic E-state index is 0.0438. The van der Waals surface area contributed by atoms with Crippen LogP contribution in [0.25, 0.3) is 0 Å². The van der Waals surface area contributed by atoms with Crippen molar-refractivity contribution in [3.05, 3.63) is 33.5 Å². The van der Waals surface area contributed by atoms with Crippen molar-refractivity contribution < 1.29 is 4.79 Å². The summed E-state index contributed by atoms with van der Waals surface area (Å²) in [6.45, 7) is 7.82. The van der Waals surface area contributed by atoms with Gasteiger partial charge >= 0.3 is 0 Å². The van der Waals surface area contributed by atoms with Crippen molar-refractivity contribution in [2.24, 2.45) is 11.8 Å². The number of piperidine rings is 1. The van der Waals surface area contributed by atoms with E-state index in [1.54, 1.807) is 11.3 Å². The third kappa shape index (κ3) is 5.13. The maximum atomic E-state index is 12.0. The summed E-state index contributed by atoms with van der Waals surface area (Å²) in [5.41, 5.74) is 2.29. The first kappa shape index (κ1) is 17.6. The van der Waals surface area contributed by atoms with Crippen LogP contribution in [0.5, 0.6) is 0 Å². The number of thiazole rings is 1. The number of anilines is 1. The molecule has 6 heteroatoms. The molecule has 3 heterocycles. The van der Waals surface area contributed by atoms with Crippen molar-refractivity contribution in [1.29, 1.82) is 0 Å². The van der Waals surface area contributed by atoms with Crippen LogP contribution in [0, 0.1) is 11.8 Å². The fourth-order valence-electron chi connectivity index (χ4n) is 3.46. The molecule has 130 valence electrons. The summed E-state index contributed by atoms with van der Waals surface area (Å²) in [4.78, 5) is 19.1. The summed E-state index contributed by atoms with van der Waals surface area (Å²) >= 11 is 3.19. The molecule has 0 aliphatic carbocycles. The minimum atomic E-state index is 0.0438. The zero-order chi connectivity index (χ0) is 16.9. The Labute approximate surface area is 151 Å². The Morgan fingerprint density at radius 2 is 2.12 bits per heavy atom. The molecule has 3 rings (SSSR count). The van der Waals surface area contributed by atoms with E-state index >= 15 is 0 Å². The molecule has 4 nitrogen and oxygen atoms in total. The second kappa shape index (κ2) is 8.23. The van der Waals surface area contributed by atoms with Crippen molar-refractivity contribution in [1.82, 2.24) is 9.88 Å². The normalized spacial score (nSPS) is 21.8. The maximum Gasteiger partial charge on any atom is 0.226 e. The third-order valence-electron chi connectivity index (χ3n) is 4.35. The zero-order valence-corrected chi connectivity index (χ0v) is 16.0. The molecule has 1 aliphatic rings. The number of rotatable bonds is 6. The van der Waals surface area contributed by atoms with Gasteiger partial charge in [-0.2, -0.15) is 11.3 Å². The Hall–Kier alpha value is -1.24. The Morgan fingerprint density at radius 3 is 2.83 bits per heavy atom. The lowest BCUT2D eigenvalue weighted by Gasteiger charge is -2.34. The first-order chi connectivity index (χ1) is 11.6. The first-order valence-corrected chi connectivity index (χ1v) is 10.4. The van der Waals surface area contributed by atoms with E-state index in [0.29, 0.717) is 6.42 Å². The Kier molecular flexibility index (Phi) is 6.03. The van der Waals surface area contributed by atoms with Crippen molar-refractivity contribution in [3.8, 4) is 0 Å². The van der Waals surface area contributed by atoms with Crippen LogP contribution in [0.4, 0.5) is 5.13 Å². The number of aromatic nitrogens is 1. The van der Waals surface area contributed by atoms with Crippen LogP contribution < -0.4 is 5.32 Å². The fraction of sp³-hybridized carbons (Fsp3) is 0.556. The molecular formula is C18H25N3OS2. The molecule has 0 aromatic carbocycles. The quantitative estimate of drug-likeness (QED) is 0.834. The Morgan fingerprint density at radius 1 is 1.33 bits per heavy atom. The van der Waals surface area contributed by atoms with E-state index in [0.717, 1.165) is 48.7 Å². The third-order valence-corrected chi connectivity index (χ3v) is 5.89. The lowest BCUT2D eigenvalue weighted by atomic mass is 9.92. The fourth-order valence-corrected chi connectivity index (χ4v) is 4.88. The first-order valence-electron chi connectivity index (χ1n) is 8.56. The predicted octanol–water partition coefficient (Wildman–Crippen LogP) is 4.25. The zero-order valence-electron chi connectivity index (χ0n) is 14.3. The summed E-state index contributed by atoms with van der Waals surface area (Å²) < 4.78 is 0. The van der Waals surface area contributed by atoms with Gasteiger partial charge in [0.25, 0.3) is 0 Å². The minimum Gasteiger partial charge on any atom is -0.302 e. The number of carbonyl (C=O) groups is 1. The molecule has 1 aliphatic heterocycles. The van der Waals surface area contributed by atoms with Gasteiger partial charge in [0.05, 0.1) is 5.69 Å². The van der Waals surface area contributed by atoms with E-state index < -0.39 is 0 Å². The molecule has 1 fully saturated rings. The van der Waals surface area contributed by atoms with Gasteiger partial charge in [-0.05, 0) is 47.1 Å². The van der Waals surface area contributed by atoms with Gasteiger partial charge in [0.15, 0.2) is 5.13 Å². The van der Waals surface area contributed by atoms with Crippen molar-refractivity contribution in [3.63, 3.8) is 0 Å². The number of thiophene rings is 1. The SMILES string of the molecule is C[C@@H]1C[C@@H](C)CN(Cc2csc(NC(=O)CCc3ccsc3)n2)C1. The molecule has 2 aromatic rings. The smallest absolute Gasteiger partial charge is 0.226 e. The van der Waals surface area contributed by atoms with Gasteiger partial charge in [0.2, 0.25) is 5.91 Å². The number of hydrogen-bond acceptors (Lipinski definition) is 5. The molecule has 1 amide bonds. The Balaban J connectivity index is 1.47. The number of nitrogens with one attached hydrogen (secondary N) is 1. The van der Waals surface area contributed by atoms with Crippen molar-refractivity contribution in [2.75, 3.05) is 18.4 Å². The van der Waals surface area contributed by atoms with E-state index in [9.17, 15) is 4.79 Å². The number of hydrogen-bond donors (Lipinski definition) is 1. The maximum absolute atomic E-state index is 12.0. The van der Waals surface area contributed by atoms with E-state index in [1.807, 2.05) is 5.38 Å². The summed E-state index contributed by atoms with van der Waals surface area (Å²) in [7, 11) is 0. The highest BCUT2D eigenvalue weighted by molar-refractivity contribution is 7.13. The van der Waals surface area contributed by atoms with E-state index in [-0.39, 0.29) is 5.91 Å². The van der Waals surface area contributed by atoms with Gasteiger partial charge in [-0.3, -0.25) is 9.69 Å². The van der Waals surface area contributed by atoms with Crippen LogP contribution >= 0.6 is 22.7 Å². The molecule has 1 saturated heterocycles. The highest BCUT2D eigenvalue weighted by Gasteiger charge is 2.22. The molecular weight excluding hydrogens is 338 g/mol. The van der Waals surface area contributed by atoms with Crippen molar-refractivity contribution >= 4 is 33.7 Å². The summed E-state index contributed by atoms with van der Waals surface area (Å²) in [6.07, 6.45) is 2.61. The largest absolute Gasteiger partial charge is 0.302 e. The lowest BCUT2D eigenvalue weighted by Crippen LogP contribution is -2.38. The molecule has 0 saturated carbocycles. The number of aryl methyl sites for hydroxylation is 1. The van der Waals surface area contributed by atoms with Gasteiger partial charge < -0.3 is 5.32 Å². The van der Waals surface area contributed by atoms with Gasteiger partial charge in [0, 0.05) is 31.4 Å². The molecule has 0 bridgehead atoms. The number of likely N-dealkylation sites (tertiary alicyclic amines) is 1. The average Bonchev–Trinajstić information content (AvgIpc) is 3.16. The topological polar surface area (TPSA) is 45.2 Å². The molecule has 2 aromatic heterocycles. The van der Waals surface area contributed by atoms with Gasteiger partial charge in [0.1, 0.15) is 0 Å². The standard InChI is InChI=1S/C18H25N3OS2/c1-13-7-14(2)9-21(8-13)10-16-12-24-18(19-16)20-17(22)4-3-15-5-6-23-11-15/h5-6,11-14H,3-4,7-10H2,1-2H3,(H,19,20,22)/t13-,14-/m1/s1. The molecule has 1 N–H and O–H groups in total. The monoisotopic (exact) mass is 363 g/mol. The van der Waals surface area contributed by atoms with Gasteiger partial charge in [-0.15, -0.1) is 11.3 Å². The van der Waals surface area contributed by atoms with Crippen molar-refractivity contribution in [2.45, 2.75) is 39.7 Å². The average molecular weight is 364 g/mol. The van der Waals surface area contributed by atoms with Gasteiger partial charge in [-0.1, -0.05) is 13.8 Å². The highest BCUT2D eigenvalue weighted by atomic mass is 32.1. The molecule has 24 heavy (non-hydrogen) atoms. The van der Waals surface area contributed by atoms with E-state index in [1.165, 1.54) is 23.3 Å². The van der Waals surface area contributed by atoms with E-state index in [4.69, 9.17) is 0 Å². The second-order valence-corrected chi connectivity index (χ2v) is 8.60. The highest BCUT2D eigenvalue weighted by Crippen LogP contribution is 2.24. The molecule has 0 spiro atoms. The van der Waals surface area contributed by atoms with Crippen LogP contribution in [0.2, 0.25) is 0 Å². The molecule has 0 radical (unpaired) electrons. The number of nitrogens with zero attached hydrogens (tertiary/aromatic N) is 2. The number of carbonyl (C=O) groups excluding carboxylic acids is 1.